The number of fused-ring (bicyclic) bond motifs is 3. The Balaban J connectivity index is 0.000000821. The molecular weight excluding hydrogens is 424 g/mol. The fourth-order valence-corrected chi connectivity index (χ4v) is 5.47. The van der Waals surface area contributed by atoms with Gasteiger partial charge in [-0.25, -0.2) is 4.79 Å². The first-order valence-electron chi connectivity index (χ1n) is 11.6. The van der Waals surface area contributed by atoms with E-state index in [0.29, 0.717) is 23.5 Å². The van der Waals surface area contributed by atoms with E-state index < -0.39 is 0 Å². The molecule has 3 amide bonds. The van der Waals surface area contributed by atoms with Gasteiger partial charge >= 0.3 is 6.03 Å². The van der Waals surface area contributed by atoms with Gasteiger partial charge in [0, 0.05) is 35.2 Å². The lowest BCUT2D eigenvalue weighted by molar-refractivity contribution is -0.122. The van der Waals surface area contributed by atoms with E-state index in [2.05, 4.69) is 38.1 Å². The van der Waals surface area contributed by atoms with Gasteiger partial charge in [-0.1, -0.05) is 12.8 Å². The number of hydrogen-bond donors (Lipinski definition) is 5. The van der Waals surface area contributed by atoms with Gasteiger partial charge in [0.1, 0.15) is 0 Å². The molecular formula is C23H32N6O4. The summed E-state index contributed by atoms with van der Waals surface area (Å²) in [6, 6.07) is 6.88. The van der Waals surface area contributed by atoms with Gasteiger partial charge in [-0.15, -0.1) is 0 Å². The van der Waals surface area contributed by atoms with Gasteiger partial charge in [0.25, 0.3) is 12.4 Å². The fraction of sp³-hybridized carbons (Fsp3) is 0.565. The van der Waals surface area contributed by atoms with Gasteiger partial charge in [-0.3, -0.25) is 14.7 Å². The maximum absolute atomic E-state index is 13.0. The van der Waals surface area contributed by atoms with Crippen molar-refractivity contribution in [2.45, 2.75) is 75.5 Å². The Morgan fingerprint density at radius 1 is 1.09 bits per heavy atom. The number of carboxylic acid groups (broad SMARTS) is 1. The molecule has 33 heavy (non-hydrogen) atoms. The molecule has 1 aromatic heterocycles. The van der Waals surface area contributed by atoms with Gasteiger partial charge in [0.05, 0.1) is 5.52 Å². The SMILES string of the molecule is CN1C2CCC1CC(NC(=O)c1n[nH]c3ccc(NC(=O)NC4CCCC4)cc13)C2.O=CO. The van der Waals surface area contributed by atoms with E-state index in [1.807, 2.05) is 18.2 Å². The Labute approximate surface area is 192 Å². The van der Waals surface area contributed by atoms with Gasteiger partial charge in [0.2, 0.25) is 0 Å². The molecule has 2 bridgehead atoms. The summed E-state index contributed by atoms with van der Waals surface area (Å²) in [5.74, 6) is -0.150. The zero-order valence-electron chi connectivity index (χ0n) is 18.8. The average Bonchev–Trinajstić information content (AvgIpc) is 3.48. The Kier molecular flexibility index (Phi) is 7.12. The number of nitrogens with one attached hydrogen (secondary N) is 4. The molecule has 3 aliphatic rings. The highest BCUT2D eigenvalue weighted by Gasteiger charge is 2.39. The number of H-pyrrole nitrogens is 1. The molecule has 3 heterocycles. The van der Waals surface area contributed by atoms with Crippen LogP contribution in [0, 0.1) is 0 Å². The molecule has 2 unspecified atom stereocenters. The second-order valence-electron chi connectivity index (χ2n) is 9.21. The normalized spacial score (nSPS) is 24.7. The topological polar surface area (TPSA) is 139 Å². The molecule has 2 atom stereocenters. The summed E-state index contributed by atoms with van der Waals surface area (Å²) in [7, 11) is 2.19. The number of carbonyl (C=O) groups is 3. The Morgan fingerprint density at radius 2 is 1.76 bits per heavy atom. The molecule has 10 heteroatoms. The van der Waals surface area contributed by atoms with Crippen LogP contribution in [0.4, 0.5) is 10.5 Å². The van der Waals surface area contributed by atoms with Crippen LogP contribution in [-0.4, -0.2) is 69.8 Å². The Hall–Kier alpha value is -3.14. The largest absolute Gasteiger partial charge is 0.483 e. The molecule has 10 nitrogen and oxygen atoms in total. The van der Waals surface area contributed by atoms with Gasteiger partial charge in [-0.05, 0) is 63.8 Å². The number of hydrogen-bond acceptors (Lipinski definition) is 5. The number of anilines is 1. The monoisotopic (exact) mass is 456 g/mol. The molecule has 2 aromatic rings. The molecule has 1 aliphatic carbocycles. The zero-order valence-corrected chi connectivity index (χ0v) is 18.8. The minimum atomic E-state index is -0.250. The quantitative estimate of drug-likeness (QED) is 0.448. The number of benzene rings is 1. The molecule has 3 fully saturated rings. The molecule has 2 aliphatic heterocycles. The van der Waals surface area contributed by atoms with Crippen LogP contribution in [0.5, 0.6) is 0 Å². The van der Waals surface area contributed by atoms with Crippen molar-refractivity contribution in [3.8, 4) is 0 Å². The van der Waals surface area contributed by atoms with E-state index in [-0.39, 0.29) is 30.5 Å². The molecule has 5 N–H and O–H groups in total. The summed E-state index contributed by atoms with van der Waals surface area (Å²) in [6.45, 7) is -0.250. The van der Waals surface area contributed by atoms with Crippen molar-refractivity contribution in [2.75, 3.05) is 12.4 Å². The summed E-state index contributed by atoms with van der Waals surface area (Å²) in [6.07, 6.45) is 8.85. The number of amides is 3. The summed E-state index contributed by atoms with van der Waals surface area (Å²) in [5, 5.41) is 23.9. The second kappa shape index (κ2) is 10.2. The van der Waals surface area contributed by atoms with Crippen LogP contribution in [0.1, 0.15) is 61.9 Å². The summed E-state index contributed by atoms with van der Waals surface area (Å²) in [4.78, 5) is 36.1. The number of urea groups is 1. The van der Waals surface area contributed by atoms with E-state index >= 15 is 0 Å². The van der Waals surface area contributed by atoms with Gasteiger partial charge in [0.15, 0.2) is 5.69 Å². The zero-order chi connectivity index (χ0) is 23.4. The van der Waals surface area contributed by atoms with Crippen molar-refractivity contribution in [1.29, 1.82) is 0 Å². The highest BCUT2D eigenvalue weighted by molar-refractivity contribution is 6.06. The van der Waals surface area contributed by atoms with E-state index in [4.69, 9.17) is 9.90 Å². The first-order chi connectivity index (χ1) is 16.0. The second-order valence-corrected chi connectivity index (χ2v) is 9.21. The van der Waals surface area contributed by atoms with Crippen LogP contribution in [0.25, 0.3) is 10.9 Å². The number of nitrogens with zero attached hydrogens (tertiary/aromatic N) is 2. The van der Waals surface area contributed by atoms with Crippen molar-refractivity contribution in [3.05, 3.63) is 23.9 Å². The van der Waals surface area contributed by atoms with Crippen LogP contribution < -0.4 is 16.0 Å². The van der Waals surface area contributed by atoms with E-state index in [0.717, 1.165) is 36.6 Å². The number of piperidine rings is 1. The van der Waals surface area contributed by atoms with Crippen molar-refractivity contribution >= 4 is 35.0 Å². The van der Waals surface area contributed by atoms with E-state index in [9.17, 15) is 9.59 Å². The summed E-state index contributed by atoms with van der Waals surface area (Å²) in [5.41, 5.74) is 1.83. The first kappa shape index (κ1) is 23.0. The number of aromatic amines is 1. The molecule has 1 aromatic carbocycles. The maximum Gasteiger partial charge on any atom is 0.319 e. The first-order valence-corrected chi connectivity index (χ1v) is 11.6. The molecule has 2 saturated heterocycles. The number of rotatable bonds is 4. The van der Waals surface area contributed by atoms with Gasteiger partial charge < -0.3 is 26.0 Å². The van der Waals surface area contributed by atoms with Crippen LogP contribution >= 0.6 is 0 Å². The Morgan fingerprint density at radius 3 is 2.42 bits per heavy atom. The van der Waals surface area contributed by atoms with E-state index in [1.54, 1.807) is 0 Å². The fourth-order valence-electron chi connectivity index (χ4n) is 5.47. The molecule has 1 saturated carbocycles. The van der Waals surface area contributed by atoms with Crippen molar-refractivity contribution in [3.63, 3.8) is 0 Å². The summed E-state index contributed by atoms with van der Waals surface area (Å²) < 4.78 is 0. The average molecular weight is 457 g/mol. The molecule has 0 spiro atoms. The highest BCUT2D eigenvalue weighted by atomic mass is 16.3. The van der Waals surface area contributed by atoms with Crippen LogP contribution in [-0.2, 0) is 4.79 Å². The molecule has 5 rings (SSSR count). The van der Waals surface area contributed by atoms with Crippen LogP contribution in [0.3, 0.4) is 0 Å². The van der Waals surface area contributed by atoms with Gasteiger partial charge in [-0.2, -0.15) is 5.10 Å². The smallest absolute Gasteiger partial charge is 0.319 e. The van der Waals surface area contributed by atoms with Crippen LogP contribution in [0.15, 0.2) is 18.2 Å². The van der Waals surface area contributed by atoms with Crippen LogP contribution in [0.2, 0.25) is 0 Å². The predicted molar refractivity (Wildman–Crippen MR) is 124 cm³/mol. The summed E-state index contributed by atoms with van der Waals surface area (Å²) >= 11 is 0. The van der Waals surface area contributed by atoms with Crippen molar-refractivity contribution < 1.29 is 19.5 Å². The Bertz CT molecular complexity index is 988. The van der Waals surface area contributed by atoms with Crippen molar-refractivity contribution in [2.24, 2.45) is 0 Å². The van der Waals surface area contributed by atoms with E-state index in [1.165, 1.54) is 25.7 Å². The third-order valence-corrected chi connectivity index (χ3v) is 7.16. The third-order valence-electron chi connectivity index (χ3n) is 7.16. The number of aromatic nitrogens is 2. The lowest BCUT2D eigenvalue weighted by Gasteiger charge is -2.36. The predicted octanol–water partition coefficient (Wildman–Crippen LogP) is 2.68. The highest BCUT2D eigenvalue weighted by Crippen LogP contribution is 2.34. The minimum Gasteiger partial charge on any atom is -0.483 e. The standard InChI is InChI=1S/C22H30N6O2.CH2O2/c1-28-16-7-8-17(28)11-15(10-16)23-21(29)20-18-12-14(6-9-19(18)26-27-20)25-22(30)24-13-4-2-3-5-13;2-1-3/h6,9,12-13,15-17H,2-5,7-8,10-11H2,1H3,(H,23,29)(H,26,27)(H2,24,25,30);1H,(H,2,3). The number of carbonyl (C=O) groups excluding carboxylic acids is 2. The van der Waals surface area contributed by atoms with Crippen molar-refractivity contribution in [1.82, 2.24) is 25.7 Å². The third kappa shape index (κ3) is 5.27. The molecule has 0 radical (unpaired) electrons. The molecule has 178 valence electrons. The lowest BCUT2D eigenvalue weighted by atomic mass is 9.98. The lowest BCUT2D eigenvalue weighted by Crippen LogP contribution is -2.48. The minimum absolute atomic E-state index is 0.150. The maximum atomic E-state index is 13.0.